The van der Waals surface area contributed by atoms with Gasteiger partial charge in [-0.05, 0) is 18.4 Å². The van der Waals surface area contributed by atoms with E-state index in [1.807, 2.05) is 36.4 Å². The fourth-order valence-electron chi connectivity index (χ4n) is 2.13. The Bertz CT molecular complexity index is 725. The Kier molecular flexibility index (Phi) is 2.52. The molecule has 2 aromatic carbocycles. The van der Waals surface area contributed by atoms with Crippen molar-refractivity contribution < 1.29 is 13.9 Å². The van der Waals surface area contributed by atoms with Gasteiger partial charge in [0.25, 0.3) is 0 Å². The first kappa shape index (κ1) is 10.8. The zero-order valence-corrected chi connectivity index (χ0v) is 9.97. The second-order valence-electron chi connectivity index (χ2n) is 4.03. The predicted octanol–water partition coefficient (Wildman–Crippen LogP) is 3.76. The van der Waals surface area contributed by atoms with Crippen LogP contribution in [0.25, 0.3) is 21.7 Å². The van der Waals surface area contributed by atoms with E-state index in [9.17, 15) is 4.79 Å². The molecule has 90 valence electrons. The number of carbonyl (C=O) groups excluding carboxylic acids is 1. The molecule has 0 unspecified atom stereocenters. The monoisotopic (exact) mass is 240 g/mol. The van der Waals surface area contributed by atoms with E-state index in [-0.39, 0.29) is 5.97 Å². The van der Waals surface area contributed by atoms with Crippen molar-refractivity contribution in [2.45, 2.75) is 6.92 Å². The third-order valence-corrected chi connectivity index (χ3v) is 2.96. The van der Waals surface area contributed by atoms with Crippen LogP contribution in [0, 0.1) is 0 Å². The van der Waals surface area contributed by atoms with Gasteiger partial charge in [0.15, 0.2) is 0 Å². The van der Waals surface area contributed by atoms with Gasteiger partial charge in [-0.15, -0.1) is 0 Å². The molecule has 1 heterocycles. The molecule has 0 saturated heterocycles. The molecular formula is C15H12O3. The Morgan fingerprint density at radius 2 is 2.00 bits per heavy atom. The van der Waals surface area contributed by atoms with Crippen LogP contribution in [0.1, 0.15) is 17.3 Å². The molecule has 0 amide bonds. The van der Waals surface area contributed by atoms with Crippen molar-refractivity contribution in [2.75, 3.05) is 6.61 Å². The average Bonchev–Trinajstić information content (AvgIpc) is 2.83. The minimum atomic E-state index is -0.341. The van der Waals surface area contributed by atoms with Crippen LogP contribution in [-0.2, 0) is 4.74 Å². The van der Waals surface area contributed by atoms with E-state index in [1.165, 1.54) is 6.26 Å². The Labute approximate surface area is 104 Å². The summed E-state index contributed by atoms with van der Waals surface area (Å²) in [5.41, 5.74) is 1.22. The van der Waals surface area contributed by atoms with E-state index < -0.39 is 0 Å². The summed E-state index contributed by atoms with van der Waals surface area (Å²) in [7, 11) is 0. The summed E-state index contributed by atoms with van der Waals surface area (Å²) in [6, 6.07) is 11.8. The lowest BCUT2D eigenvalue weighted by atomic mass is 10.1. The minimum absolute atomic E-state index is 0.341. The summed E-state index contributed by atoms with van der Waals surface area (Å²) >= 11 is 0. The minimum Gasteiger partial charge on any atom is -0.463 e. The first-order chi connectivity index (χ1) is 8.81. The number of esters is 1. The molecule has 0 aliphatic carbocycles. The lowest BCUT2D eigenvalue weighted by molar-refractivity contribution is 0.0527. The van der Waals surface area contributed by atoms with Crippen LogP contribution in [-0.4, -0.2) is 12.6 Å². The van der Waals surface area contributed by atoms with Crippen LogP contribution >= 0.6 is 0 Å². The molecule has 18 heavy (non-hydrogen) atoms. The van der Waals surface area contributed by atoms with Crippen LogP contribution in [0.3, 0.4) is 0 Å². The zero-order valence-electron chi connectivity index (χ0n) is 9.97. The SMILES string of the molecule is CCOC(=O)c1coc2c1ccc1ccccc12. The summed E-state index contributed by atoms with van der Waals surface area (Å²) in [4.78, 5) is 11.8. The third-order valence-electron chi connectivity index (χ3n) is 2.96. The Morgan fingerprint density at radius 1 is 1.17 bits per heavy atom. The molecule has 0 N–H and O–H groups in total. The Morgan fingerprint density at radius 3 is 2.83 bits per heavy atom. The third kappa shape index (κ3) is 1.56. The average molecular weight is 240 g/mol. The van der Waals surface area contributed by atoms with E-state index in [0.29, 0.717) is 12.2 Å². The lowest BCUT2D eigenvalue weighted by Crippen LogP contribution is -2.03. The molecule has 0 saturated carbocycles. The molecule has 3 nitrogen and oxygen atoms in total. The van der Waals surface area contributed by atoms with Gasteiger partial charge in [-0.1, -0.05) is 30.3 Å². The van der Waals surface area contributed by atoms with E-state index in [2.05, 4.69) is 0 Å². The molecule has 3 heteroatoms. The number of hydrogen-bond donors (Lipinski definition) is 0. The summed E-state index contributed by atoms with van der Waals surface area (Å²) in [5.74, 6) is -0.341. The van der Waals surface area contributed by atoms with Crippen LogP contribution in [0.15, 0.2) is 47.1 Å². The number of benzene rings is 2. The highest BCUT2D eigenvalue weighted by atomic mass is 16.5. The first-order valence-electron chi connectivity index (χ1n) is 5.87. The summed E-state index contributed by atoms with van der Waals surface area (Å²) < 4.78 is 10.5. The lowest BCUT2D eigenvalue weighted by Gasteiger charge is -2.00. The topological polar surface area (TPSA) is 39.4 Å². The predicted molar refractivity (Wildman–Crippen MR) is 69.7 cm³/mol. The highest BCUT2D eigenvalue weighted by Gasteiger charge is 2.15. The highest BCUT2D eigenvalue weighted by molar-refractivity contribution is 6.11. The van der Waals surface area contributed by atoms with E-state index in [4.69, 9.17) is 9.15 Å². The second-order valence-corrected chi connectivity index (χ2v) is 4.03. The van der Waals surface area contributed by atoms with Crippen LogP contribution < -0.4 is 0 Å². The van der Waals surface area contributed by atoms with Crippen LogP contribution in [0.2, 0.25) is 0 Å². The van der Waals surface area contributed by atoms with Crippen molar-refractivity contribution >= 4 is 27.7 Å². The van der Waals surface area contributed by atoms with Gasteiger partial charge in [0.05, 0.1) is 6.61 Å². The molecule has 3 rings (SSSR count). The standard InChI is InChI=1S/C15H12O3/c1-2-17-15(16)13-9-18-14-11-6-4-3-5-10(11)7-8-12(13)14/h3-9H,2H2,1H3. The van der Waals surface area contributed by atoms with Gasteiger partial charge in [0.2, 0.25) is 0 Å². The van der Waals surface area contributed by atoms with Gasteiger partial charge >= 0.3 is 5.97 Å². The van der Waals surface area contributed by atoms with Crippen LogP contribution in [0.5, 0.6) is 0 Å². The van der Waals surface area contributed by atoms with E-state index in [1.54, 1.807) is 6.92 Å². The van der Waals surface area contributed by atoms with Crippen LogP contribution in [0.4, 0.5) is 0 Å². The van der Waals surface area contributed by atoms with Crippen molar-refractivity contribution in [3.8, 4) is 0 Å². The van der Waals surface area contributed by atoms with E-state index in [0.717, 1.165) is 21.7 Å². The maximum atomic E-state index is 11.8. The van der Waals surface area contributed by atoms with Gasteiger partial charge in [0.1, 0.15) is 17.4 Å². The Hall–Kier alpha value is -2.29. The number of fused-ring (bicyclic) bond motifs is 3. The molecule has 1 aromatic heterocycles. The molecule has 0 spiro atoms. The van der Waals surface area contributed by atoms with Gasteiger partial charge in [-0.25, -0.2) is 4.79 Å². The number of carbonyl (C=O) groups is 1. The maximum Gasteiger partial charge on any atom is 0.342 e. The quantitative estimate of drug-likeness (QED) is 0.640. The largest absolute Gasteiger partial charge is 0.463 e. The number of hydrogen-bond acceptors (Lipinski definition) is 3. The number of ether oxygens (including phenoxy) is 1. The summed E-state index contributed by atoms with van der Waals surface area (Å²) in [6.07, 6.45) is 1.47. The van der Waals surface area contributed by atoms with Gasteiger partial charge in [0, 0.05) is 10.8 Å². The molecule has 3 aromatic rings. The molecule has 0 fully saturated rings. The molecule has 0 radical (unpaired) electrons. The fourth-order valence-corrected chi connectivity index (χ4v) is 2.13. The van der Waals surface area contributed by atoms with Crippen molar-refractivity contribution in [2.24, 2.45) is 0 Å². The molecule has 0 bridgehead atoms. The normalized spacial score (nSPS) is 10.9. The summed E-state index contributed by atoms with van der Waals surface area (Å²) in [6.45, 7) is 2.15. The van der Waals surface area contributed by atoms with Gasteiger partial charge in [-0.3, -0.25) is 0 Å². The van der Waals surface area contributed by atoms with E-state index >= 15 is 0 Å². The summed E-state index contributed by atoms with van der Waals surface area (Å²) in [5, 5.41) is 2.90. The maximum absolute atomic E-state index is 11.8. The smallest absolute Gasteiger partial charge is 0.342 e. The number of furan rings is 1. The van der Waals surface area contributed by atoms with Gasteiger partial charge in [-0.2, -0.15) is 0 Å². The molecular weight excluding hydrogens is 228 g/mol. The molecule has 0 aliphatic heterocycles. The van der Waals surface area contributed by atoms with Gasteiger partial charge < -0.3 is 9.15 Å². The highest BCUT2D eigenvalue weighted by Crippen LogP contribution is 2.29. The second kappa shape index (κ2) is 4.18. The van der Waals surface area contributed by atoms with Crippen molar-refractivity contribution in [3.05, 3.63) is 48.2 Å². The first-order valence-corrected chi connectivity index (χ1v) is 5.87. The fraction of sp³-hybridized carbons (Fsp3) is 0.133. The number of rotatable bonds is 2. The van der Waals surface area contributed by atoms with Crippen molar-refractivity contribution in [3.63, 3.8) is 0 Å². The zero-order chi connectivity index (χ0) is 12.5. The Balaban J connectivity index is 2.26. The molecule has 0 aliphatic rings. The van der Waals surface area contributed by atoms with Crippen molar-refractivity contribution in [1.82, 2.24) is 0 Å². The molecule has 0 atom stereocenters. The van der Waals surface area contributed by atoms with Crippen molar-refractivity contribution in [1.29, 1.82) is 0 Å².